The molecule has 0 spiro atoms. The molecule has 0 aliphatic heterocycles. The second-order valence-electron chi connectivity index (χ2n) is 14.2. The van der Waals surface area contributed by atoms with Gasteiger partial charge in [-0.2, -0.15) is 0 Å². The molecule has 12 rings (SSSR count). The number of para-hydroxylation sites is 2. The molecule has 10 aromatic rings. The predicted molar refractivity (Wildman–Crippen MR) is 219 cm³/mol. The quantitative estimate of drug-likeness (QED) is 0.184. The van der Waals surface area contributed by atoms with Crippen LogP contribution in [0.25, 0.3) is 112 Å². The summed E-state index contributed by atoms with van der Waals surface area (Å²) in [5.74, 6) is 1.72. The van der Waals surface area contributed by atoms with Crippen LogP contribution in [-0.2, 0) is 6.42 Å². The Hall–Kier alpha value is -7.11. The Kier molecular flexibility index (Phi) is 6.11. The van der Waals surface area contributed by atoms with Crippen LogP contribution in [0.5, 0.6) is 0 Å². The van der Waals surface area contributed by atoms with Gasteiger partial charge < -0.3 is 8.83 Å². The van der Waals surface area contributed by atoms with Crippen molar-refractivity contribution in [3.63, 3.8) is 0 Å². The largest absolute Gasteiger partial charge is 0.456 e. The summed E-state index contributed by atoms with van der Waals surface area (Å²) in [5, 5.41) is 6.77. The summed E-state index contributed by atoms with van der Waals surface area (Å²) >= 11 is 0. The molecule has 2 aliphatic carbocycles. The molecule has 0 saturated carbocycles. The molecular formula is C49H29N3O2. The molecule has 5 nitrogen and oxygen atoms in total. The maximum absolute atomic E-state index is 6.53. The van der Waals surface area contributed by atoms with Crippen LogP contribution in [-0.4, -0.2) is 15.0 Å². The van der Waals surface area contributed by atoms with E-state index >= 15 is 0 Å². The summed E-state index contributed by atoms with van der Waals surface area (Å²) in [4.78, 5) is 15.4. The number of furan rings is 2. The van der Waals surface area contributed by atoms with E-state index < -0.39 is 0 Å². The molecule has 0 saturated heterocycles. The SMILES string of the molecule is C1=Cc2ccc3ccc(-c4ccc5oc6cccc(-c7nc(-c8ccccc8)nc(-c8cccc9c8oc8ccccc89)n7)c6c5c4)c4c3c2C(=CC4)C1. The summed E-state index contributed by atoms with van der Waals surface area (Å²) in [6.45, 7) is 0. The first-order valence-corrected chi connectivity index (χ1v) is 18.4. The van der Waals surface area contributed by atoms with Gasteiger partial charge in [0.2, 0.25) is 0 Å². The zero-order valence-corrected chi connectivity index (χ0v) is 29.0. The highest BCUT2D eigenvalue weighted by Gasteiger charge is 2.24. The van der Waals surface area contributed by atoms with Crippen molar-refractivity contribution in [3.05, 3.63) is 162 Å². The number of nitrogens with zero attached hydrogens (tertiary/aromatic N) is 3. The highest BCUT2D eigenvalue weighted by Crippen LogP contribution is 2.45. The molecule has 3 aromatic heterocycles. The molecule has 0 amide bonds. The summed E-state index contributed by atoms with van der Waals surface area (Å²) in [6.07, 6.45) is 8.87. The molecule has 0 unspecified atom stereocenters. The second kappa shape index (κ2) is 11.2. The van der Waals surface area contributed by atoms with E-state index in [1.807, 2.05) is 72.8 Å². The normalized spacial score (nSPS) is 13.4. The summed E-state index contributed by atoms with van der Waals surface area (Å²) < 4.78 is 13.0. The smallest absolute Gasteiger partial charge is 0.167 e. The van der Waals surface area contributed by atoms with E-state index in [4.69, 9.17) is 23.8 Å². The standard InChI is InChI=1S/C49H29N3O2/c1-2-9-31(10-3-1)47-50-48(52-49(51-47)38-16-7-14-36-34-13-4-5-17-40(34)54-46(36)38)37-15-8-18-42-45(37)39-27-32(23-26-41(39)53-42)33-24-21-30-20-19-28-11-6-12-29-22-25-35(33)44(30)43(28)29/h1-11,13-24,26-27H,12,25H2. The van der Waals surface area contributed by atoms with E-state index in [1.54, 1.807) is 0 Å². The Morgan fingerprint density at radius 3 is 2.19 bits per heavy atom. The van der Waals surface area contributed by atoms with Crippen molar-refractivity contribution in [2.45, 2.75) is 12.8 Å². The summed E-state index contributed by atoms with van der Waals surface area (Å²) in [5.41, 5.74) is 13.7. The van der Waals surface area contributed by atoms with Gasteiger partial charge in [0, 0.05) is 32.7 Å². The number of hydrogen-bond acceptors (Lipinski definition) is 5. The first kappa shape index (κ1) is 29.5. The monoisotopic (exact) mass is 691 g/mol. The molecule has 0 fully saturated rings. The van der Waals surface area contributed by atoms with Crippen molar-refractivity contribution in [2.24, 2.45) is 0 Å². The first-order valence-electron chi connectivity index (χ1n) is 18.4. The average molecular weight is 692 g/mol. The molecule has 0 N–H and O–H groups in total. The van der Waals surface area contributed by atoms with E-state index in [2.05, 4.69) is 78.9 Å². The van der Waals surface area contributed by atoms with Gasteiger partial charge in [-0.05, 0) is 87.3 Å². The van der Waals surface area contributed by atoms with Crippen LogP contribution in [0.15, 0.2) is 154 Å². The van der Waals surface area contributed by atoms with Crippen LogP contribution >= 0.6 is 0 Å². The van der Waals surface area contributed by atoms with E-state index in [0.29, 0.717) is 17.5 Å². The summed E-state index contributed by atoms with van der Waals surface area (Å²) in [7, 11) is 0. The Morgan fingerprint density at radius 2 is 1.24 bits per heavy atom. The summed E-state index contributed by atoms with van der Waals surface area (Å²) in [6, 6.07) is 46.2. The lowest BCUT2D eigenvalue weighted by Gasteiger charge is -2.25. The number of benzene rings is 7. The maximum atomic E-state index is 6.53. The highest BCUT2D eigenvalue weighted by atomic mass is 16.3. The molecule has 0 bridgehead atoms. The topological polar surface area (TPSA) is 65.0 Å². The van der Waals surface area contributed by atoms with Crippen molar-refractivity contribution >= 4 is 66.3 Å². The lowest BCUT2D eigenvalue weighted by molar-refractivity contribution is 0.668. The Morgan fingerprint density at radius 1 is 0.481 bits per heavy atom. The lowest BCUT2D eigenvalue weighted by atomic mass is 9.79. The van der Waals surface area contributed by atoms with Crippen molar-refractivity contribution < 1.29 is 8.83 Å². The van der Waals surface area contributed by atoms with Gasteiger partial charge in [0.15, 0.2) is 17.5 Å². The van der Waals surface area contributed by atoms with E-state index in [1.165, 1.54) is 38.6 Å². The predicted octanol–water partition coefficient (Wildman–Crippen LogP) is 12.8. The van der Waals surface area contributed by atoms with Gasteiger partial charge in [0.1, 0.15) is 22.3 Å². The fourth-order valence-corrected chi connectivity index (χ4v) is 8.74. The van der Waals surface area contributed by atoms with Crippen molar-refractivity contribution in [3.8, 4) is 45.3 Å². The Bertz CT molecular complexity index is 3270. The number of hydrogen-bond donors (Lipinski definition) is 0. The van der Waals surface area contributed by atoms with Crippen molar-refractivity contribution in [2.75, 3.05) is 0 Å². The van der Waals surface area contributed by atoms with Gasteiger partial charge in [-0.3, -0.25) is 0 Å². The third-order valence-electron chi connectivity index (χ3n) is 11.2. The van der Waals surface area contributed by atoms with Gasteiger partial charge in [-0.1, -0.05) is 121 Å². The number of allylic oxidation sites excluding steroid dienone is 3. The Labute approximate surface area is 309 Å². The van der Waals surface area contributed by atoms with E-state index in [-0.39, 0.29) is 0 Å². The Balaban J connectivity index is 1.08. The van der Waals surface area contributed by atoms with E-state index in [9.17, 15) is 0 Å². The van der Waals surface area contributed by atoms with Crippen LogP contribution in [0.2, 0.25) is 0 Å². The minimum atomic E-state index is 0.551. The van der Waals surface area contributed by atoms with Gasteiger partial charge >= 0.3 is 0 Å². The molecule has 0 atom stereocenters. The van der Waals surface area contributed by atoms with Gasteiger partial charge in [-0.15, -0.1) is 0 Å². The molecular weight excluding hydrogens is 663 g/mol. The molecule has 3 heterocycles. The minimum Gasteiger partial charge on any atom is -0.456 e. The average Bonchev–Trinajstić information content (AvgIpc) is 3.81. The number of aromatic nitrogens is 3. The molecule has 54 heavy (non-hydrogen) atoms. The fraction of sp³-hybridized carbons (Fsp3) is 0.0408. The zero-order chi connectivity index (χ0) is 35.3. The van der Waals surface area contributed by atoms with Gasteiger partial charge in [-0.25, -0.2) is 15.0 Å². The van der Waals surface area contributed by atoms with Gasteiger partial charge in [0.05, 0.1) is 5.56 Å². The van der Waals surface area contributed by atoms with Crippen LogP contribution in [0.4, 0.5) is 0 Å². The minimum absolute atomic E-state index is 0.551. The van der Waals surface area contributed by atoms with Crippen LogP contribution in [0.1, 0.15) is 23.1 Å². The number of fused-ring (bicyclic) bond motifs is 6. The molecule has 7 aromatic carbocycles. The van der Waals surface area contributed by atoms with Crippen molar-refractivity contribution in [1.29, 1.82) is 0 Å². The molecule has 0 radical (unpaired) electrons. The van der Waals surface area contributed by atoms with Gasteiger partial charge in [0.25, 0.3) is 0 Å². The third kappa shape index (κ3) is 4.30. The van der Waals surface area contributed by atoms with Crippen LogP contribution < -0.4 is 0 Å². The lowest BCUT2D eigenvalue weighted by Crippen LogP contribution is -2.04. The molecule has 252 valence electrons. The fourth-order valence-electron chi connectivity index (χ4n) is 8.74. The van der Waals surface area contributed by atoms with Crippen molar-refractivity contribution in [1.82, 2.24) is 15.0 Å². The first-order chi connectivity index (χ1) is 26.7. The second-order valence-corrected chi connectivity index (χ2v) is 14.2. The zero-order valence-electron chi connectivity index (χ0n) is 29.0. The van der Waals surface area contributed by atoms with Crippen LogP contribution in [0.3, 0.4) is 0 Å². The highest BCUT2D eigenvalue weighted by molar-refractivity contribution is 6.14. The third-order valence-corrected chi connectivity index (χ3v) is 11.2. The van der Waals surface area contributed by atoms with E-state index in [0.717, 1.165) is 79.0 Å². The molecule has 2 aliphatic rings. The molecule has 5 heteroatoms. The number of rotatable bonds is 4. The van der Waals surface area contributed by atoms with Crippen LogP contribution in [0, 0.1) is 0 Å². The maximum Gasteiger partial charge on any atom is 0.167 e.